The summed E-state index contributed by atoms with van der Waals surface area (Å²) in [7, 11) is 2.17. The van der Waals surface area contributed by atoms with E-state index in [1.807, 2.05) is 6.20 Å². The van der Waals surface area contributed by atoms with Crippen molar-refractivity contribution in [2.45, 2.75) is 33.2 Å². The second-order valence-corrected chi connectivity index (χ2v) is 6.29. The van der Waals surface area contributed by atoms with Gasteiger partial charge in [0.05, 0.1) is 6.54 Å². The van der Waals surface area contributed by atoms with Crippen LogP contribution in [0, 0.1) is 0 Å². The quantitative estimate of drug-likeness (QED) is 0.452. The smallest absolute Gasteiger partial charge is 0.191 e. The van der Waals surface area contributed by atoms with Crippen LogP contribution in [0.4, 0.5) is 5.82 Å². The Kier molecular flexibility index (Phi) is 7.82. The van der Waals surface area contributed by atoms with Crippen LogP contribution >= 0.6 is 0 Å². The summed E-state index contributed by atoms with van der Waals surface area (Å²) in [5.41, 5.74) is 1.20. The van der Waals surface area contributed by atoms with Gasteiger partial charge in [0, 0.05) is 45.5 Å². The molecule has 1 aliphatic heterocycles. The highest BCUT2D eigenvalue weighted by molar-refractivity contribution is 5.79. The third-order valence-electron chi connectivity index (χ3n) is 4.22. The van der Waals surface area contributed by atoms with Crippen molar-refractivity contribution in [3.05, 3.63) is 23.9 Å². The molecule has 6 heteroatoms. The summed E-state index contributed by atoms with van der Waals surface area (Å²) in [5, 5.41) is 6.68. The first-order valence-corrected chi connectivity index (χ1v) is 9.13. The monoisotopic (exact) mass is 332 g/mol. The molecule has 134 valence electrons. The summed E-state index contributed by atoms with van der Waals surface area (Å²) in [5.74, 6) is 1.96. The van der Waals surface area contributed by atoms with Gasteiger partial charge in [-0.1, -0.05) is 13.3 Å². The summed E-state index contributed by atoms with van der Waals surface area (Å²) in [6, 6.07) is 4.23. The number of aromatic nitrogens is 1. The Morgan fingerprint density at radius 1 is 1.21 bits per heavy atom. The highest BCUT2D eigenvalue weighted by atomic mass is 15.3. The molecule has 0 radical (unpaired) electrons. The largest absolute Gasteiger partial charge is 0.357 e. The highest BCUT2D eigenvalue weighted by Crippen LogP contribution is 2.15. The molecule has 1 saturated heterocycles. The van der Waals surface area contributed by atoms with E-state index < -0.39 is 0 Å². The second-order valence-electron chi connectivity index (χ2n) is 6.29. The van der Waals surface area contributed by atoms with E-state index >= 15 is 0 Å². The Hall–Kier alpha value is -1.82. The zero-order valence-electron chi connectivity index (χ0n) is 15.4. The Morgan fingerprint density at radius 3 is 2.71 bits per heavy atom. The van der Waals surface area contributed by atoms with E-state index in [0.717, 1.165) is 57.5 Å². The van der Waals surface area contributed by atoms with Crippen molar-refractivity contribution in [1.29, 1.82) is 0 Å². The lowest BCUT2D eigenvalue weighted by molar-refractivity contribution is 0.312. The normalized spacial score (nSPS) is 16.3. The van der Waals surface area contributed by atoms with Crippen LogP contribution < -0.4 is 15.5 Å². The first kappa shape index (κ1) is 18.5. The third-order valence-corrected chi connectivity index (χ3v) is 4.22. The first-order chi connectivity index (χ1) is 11.7. The molecule has 2 rings (SSSR count). The van der Waals surface area contributed by atoms with Gasteiger partial charge in [-0.15, -0.1) is 0 Å². The van der Waals surface area contributed by atoms with Gasteiger partial charge < -0.3 is 20.4 Å². The summed E-state index contributed by atoms with van der Waals surface area (Å²) < 4.78 is 0. The zero-order valence-corrected chi connectivity index (χ0v) is 15.4. The Labute approximate surface area is 146 Å². The van der Waals surface area contributed by atoms with E-state index in [4.69, 9.17) is 4.99 Å². The molecule has 1 aromatic heterocycles. The molecule has 0 aliphatic carbocycles. The number of piperazine rings is 1. The number of likely N-dealkylation sites (N-methyl/N-ethyl adjacent to an activating group) is 1. The van der Waals surface area contributed by atoms with Gasteiger partial charge in [0.2, 0.25) is 0 Å². The fraction of sp³-hybridized carbons (Fsp3) is 0.667. The summed E-state index contributed by atoms with van der Waals surface area (Å²) >= 11 is 0. The molecule has 0 spiro atoms. The van der Waals surface area contributed by atoms with Crippen molar-refractivity contribution >= 4 is 11.8 Å². The summed E-state index contributed by atoms with van der Waals surface area (Å²) in [6.07, 6.45) is 4.24. The van der Waals surface area contributed by atoms with Gasteiger partial charge in [-0.25, -0.2) is 9.98 Å². The molecule has 0 atom stereocenters. The van der Waals surface area contributed by atoms with Crippen molar-refractivity contribution < 1.29 is 0 Å². The predicted octanol–water partition coefficient (Wildman–Crippen LogP) is 1.69. The van der Waals surface area contributed by atoms with Crippen LogP contribution in [-0.4, -0.2) is 62.2 Å². The van der Waals surface area contributed by atoms with Crippen molar-refractivity contribution in [3.63, 3.8) is 0 Å². The van der Waals surface area contributed by atoms with Crippen LogP contribution in [0.5, 0.6) is 0 Å². The number of hydrogen-bond donors (Lipinski definition) is 2. The van der Waals surface area contributed by atoms with Crippen molar-refractivity contribution in [3.8, 4) is 0 Å². The van der Waals surface area contributed by atoms with Gasteiger partial charge in [0.1, 0.15) is 5.82 Å². The van der Waals surface area contributed by atoms with E-state index in [1.54, 1.807) is 0 Å². The van der Waals surface area contributed by atoms with E-state index in [9.17, 15) is 0 Å². The molecular weight excluding hydrogens is 300 g/mol. The number of unbranched alkanes of at least 4 members (excludes halogenated alkanes) is 1. The Balaban J connectivity index is 1.95. The van der Waals surface area contributed by atoms with Crippen LogP contribution in [0.2, 0.25) is 0 Å². The minimum absolute atomic E-state index is 0.671. The molecule has 6 nitrogen and oxygen atoms in total. The maximum Gasteiger partial charge on any atom is 0.191 e. The van der Waals surface area contributed by atoms with Crippen LogP contribution in [0.15, 0.2) is 23.3 Å². The number of pyridine rings is 1. The Morgan fingerprint density at radius 2 is 2.00 bits per heavy atom. The molecule has 1 aromatic rings. The van der Waals surface area contributed by atoms with Gasteiger partial charge >= 0.3 is 0 Å². The standard InChI is InChI=1S/C18H32N6/c1-4-6-8-21-18(19-5-2)22-15-16-7-9-20-17(14-16)24-12-10-23(3)11-13-24/h7,9,14H,4-6,8,10-13,15H2,1-3H3,(H2,19,21,22). The molecule has 0 saturated carbocycles. The zero-order chi connectivity index (χ0) is 17.2. The molecule has 1 aliphatic rings. The fourth-order valence-electron chi connectivity index (χ4n) is 2.66. The molecule has 2 heterocycles. The second kappa shape index (κ2) is 10.1. The third kappa shape index (κ3) is 6.00. The van der Waals surface area contributed by atoms with Crippen LogP contribution in [0.3, 0.4) is 0 Å². The summed E-state index contributed by atoms with van der Waals surface area (Å²) in [6.45, 7) is 11.1. The van der Waals surface area contributed by atoms with Gasteiger partial charge in [-0.05, 0) is 38.1 Å². The van der Waals surface area contributed by atoms with Gasteiger partial charge in [0.25, 0.3) is 0 Å². The number of nitrogens with zero attached hydrogens (tertiary/aromatic N) is 4. The van der Waals surface area contributed by atoms with Crippen molar-refractivity contribution in [2.75, 3.05) is 51.2 Å². The van der Waals surface area contributed by atoms with Crippen molar-refractivity contribution in [1.82, 2.24) is 20.5 Å². The fourth-order valence-corrected chi connectivity index (χ4v) is 2.66. The molecule has 24 heavy (non-hydrogen) atoms. The van der Waals surface area contributed by atoms with E-state index in [2.05, 4.69) is 58.4 Å². The number of anilines is 1. The summed E-state index contributed by atoms with van der Waals surface area (Å²) in [4.78, 5) is 13.9. The molecule has 2 N–H and O–H groups in total. The molecule has 0 aromatic carbocycles. The maximum atomic E-state index is 4.69. The molecule has 0 unspecified atom stereocenters. The predicted molar refractivity (Wildman–Crippen MR) is 102 cm³/mol. The van der Waals surface area contributed by atoms with Gasteiger partial charge in [-0.2, -0.15) is 0 Å². The highest BCUT2D eigenvalue weighted by Gasteiger charge is 2.15. The van der Waals surface area contributed by atoms with Crippen LogP contribution in [0.25, 0.3) is 0 Å². The minimum Gasteiger partial charge on any atom is -0.357 e. The molecular formula is C18H32N6. The minimum atomic E-state index is 0.671. The van der Waals surface area contributed by atoms with Crippen molar-refractivity contribution in [2.24, 2.45) is 4.99 Å². The number of rotatable bonds is 7. The lowest BCUT2D eigenvalue weighted by Gasteiger charge is -2.33. The molecule has 0 amide bonds. The molecule has 1 fully saturated rings. The van der Waals surface area contributed by atoms with E-state index in [1.165, 1.54) is 12.0 Å². The number of guanidine groups is 1. The number of nitrogens with one attached hydrogen (secondary N) is 2. The van der Waals surface area contributed by atoms with Crippen LogP contribution in [-0.2, 0) is 6.54 Å². The average molecular weight is 332 g/mol. The lowest BCUT2D eigenvalue weighted by Crippen LogP contribution is -2.44. The lowest BCUT2D eigenvalue weighted by atomic mass is 10.2. The molecule has 0 bridgehead atoms. The number of aliphatic imine (C=N–C) groups is 1. The Bertz CT molecular complexity index is 508. The van der Waals surface area contributed by atoms with E-state index in [-0.39, 0.29) is 0 Å². The van der Waals surface area contributed by atoms with Gasteiger partial charge in [-0.3, -0.25) is 0 Å². The van der Waals surface area contributed by atoms with Crippen LogP contribution in [0.1, 0.15) is 32.3 Å². The average Bonchev–Trinajstić information content (AvgIpc) is 2.61. The van der Waals surface area contributed by atoms with Gasteiger partial charge in [0.15, 0.2) is 5.96 Å². The number of hydrogen-bond acceptors (Lipinski definition) is 4. The van der Waals surface area contributed by atoms with E-state index in [0.29, 0.717) is 6.54 Å². The first-order valence-electron chi connectivity index (χ1n) is 9.13. The SMILES string of the molecule is CCCCNC(=NCc1ccnc(N2CCN(C)CC2)c1)NCC. The maximum absolute atomic E-state index is 4.69. The topological polar surface area (TPSA) is 55.8 Å².